The molecule has 17 heavy (non-hydrogen) atoms. The van der Waals surface area contributed by atoms with Gasteiger partial charge in [-0.3, -0.25) is 0 Å². The van der Waals surface area contributed by atoms with Crippen LogP contribution in [0.25, 0.3) is 30.0 Å². The van der Waals surface area contributed by atoms with Gasteiger partial charge in [-0.05, 0) is 38.8 Å². The average molecular weight is 222 g/mol. The molecule has 0 radical (unpaired) electrons. The largest absolute Gasteiger partial charge is 0.0911 e. The van der Waals surface area contributed by atoms with Gasteiger partial charge in [0.1, 0.15) is 0 Å². The first-order valence-electron chi connectivity index (χ1n) is 5.97. The van der Waals surface area contributed by atoms with Crippen molar-refractivity contribution in [3.05, 3.63) is 52.4 Å². The highest BCUT2D eigenvalue weighted by molar-refractivity contribution is 5.91. The zero-order valence-corrected chi connectivity index (χ0v) is 10.5. The Kier molecular flexibility index (Phi) is 3.14. The Balaban J connectivity index is 2.76. The van der Waals surface area contributed by atoms with Gasteiger partial charge in [-0.25, -0.2) is 0 Å². The first-order valence-corrected chi connectivity index (χ1v) is 5.97. The van der Waals surface area contributed by atoms with Crippen molar-refractivity contribution >= 4 is 30.0 Å². The van der Waals surface area contributed by atoms with E-state index in [-0.39, 0.29) is 0 Å². The van der Waals surface area contributed by atoms with Gasteiger partial charge in [-0.1, -0.05) is 63.4 Å². The van der Waals surface area contributed by atoms with E-state index in [2.05, 4.69) is 63.4 Å². The first kappa shape index (κ1) is 11.7. The fourth-order valence-electron chi connectivity index (χ4n) is 1.96. The van der Waals surface area contributed by atoms with Crippen molar-refractivity contribution in [3.63, 3.8) is 0 Å². The molecule has 0 atom stereocenters. The van der Waals surface area contributed by atoms with Gasteiger partial charge in [0.05, 0.1) is 0 Å². The lowest BCUT2D eigenvalue weighted by atomic mass is 10.0. The van der Waals surface area contributed by atoms with Crippen molar-refractivity contribution in [1.29, 1.82) is 0 Å². The van der Waals surface area contributed by atoms with Crippen LogP contribution in [0, 0.1) is 5.92 Å². The van der Waals surface area contributed by atoms with E-state index in [1.54, 1.807) is 0 Å². The van der Waals surface area contributed by atoms with Crippen LogP contribution in [0.5, 0.6) is 0 Å². The van der Waals surface area contributed by atoms with E-state index in [1.807, 2.05) is 6.07 Å². The van der Waals surface area contributed by atoms with Crippen LogP contribution < -0.4 is 10.4 Å². The predicted octanol–water partition coefficient (Wildman–Crippen LogP) is 3.33. The minimum Gasteiger partial charge on any atom is -0.0911 e. The Morgan fingerprint density at radius 2 is 1.71 bits per heavy atom. The van der Waals surface area contributed by atoms with Crippen molar-refractivity contribution in [2.75, 3.05) is 0 Å². The maximum atomic E-state index is 4.10. The molecule has 0 heterocycles. The topological polar surface area (TPSA) is 0 Å². The normalized spacial score (nSPS) is 11.7. The van der Waals surface area contributed by atoms with Crippen molar-refractivity contribution in [3.8, 4) is 0 Å². The Morgan fingerprint density at radius 3 is 2.35 bits per heavy atom. The number of rotatable bonds is 2. The molecule has 0 aliphatic rings. The molecule has 0 fully saturated rings. The van der Waals surface area contributed by atoms with Gasteiger partial charge >= 0.3 is 0 Å². The van der Waals surface area contributed by atoms with E-state index in [0.29, 0.717) is 5.92 Å². The van der Waals surface area contributed by atoms with Crippen molar-refractivity contribution in [2.45, 2.75) is 13.8 Å². The molecule has 2 aromatic carbocycles. The molecule has 0 bridgehead atoms. The van der Waals surface area contributed by atoms with Crippen molar-refractivity contribution in [2.24, 2.45) is 5.92 Å². The molecule has 0 aliphatic carbocycles. The molecular formula is C17H18. The Hall–Kier alpha value is -1.82. The van der Waals surface area contributed by atoms with E-state index < -0.39 is 0 Å². The molecule has 0 saturated carbocycles. The summed E-state index contributed by atoms with van der Waals surface area (Å²) in [5.41, 5.74) is 1.23. The highest BCUT2D eigenvalue weighted by atomic mass is 14.0. The molecule has 0 saturated heterocycles. The molecule has 0 unspecified atom stereocenters. The summed E-state index contributed by atoms with van der Waals surface area (Å²) in [7, 11) is 0. The molecule has 0 aliphatic heterocycles. The molecule has 0 N–H and O–H groups in total. The summed E-state index contributed by atoms with van der Waals surface area (Å²) in [5, 5.41) is 4.49. The Morgan fingerprint density at radius 1 is 1.06 bits per heavy atom. The van der Waals surface area contributed by atoms with Crippen LogP contribution >= 0.6 is 0 Å². The first-order chi connectivity index (χ1) is 8.09. The van der Waals surface area contributed by atoms with Gasteiger partial charge in [0.2, 0.25) is 0 Å². The maximum absolute atomic E-state index is 4.10. The minimum absolute atomic E-state index is 0.557. The van der Waals surface area contributed by atoms with Crippen LogP contribution in [0.1, 0.15) is 19.4 Å². The fraction of sp³-hybridized carbons (Fsp3) is 0.176. The molecule has 0 aromatic heterocycles. The number of fused-ring (bicyclic) bond motifs is 1. The number of hydrogen-bond donors (Lipinski definition) is 0. The van der Waals surface area contributed by atoms with Gasteiger partial charge in [-0.2, -0.15) is 0 Å². The van der Waals surface area contributed by atoms with E-state index in [1.165, 1.54) is 16.3 Å². The van der Waals surface area contributed by atoms with E-state index in [4.69, 9.17) is 0 Å². The molecule has 0 amide bonds. The monoisotopic (exact) mass is 222 g/mol. The third-order valence-corrected chi connectivity index (χ3v) is 2.94. The van der Waals surface area contributed by atoms with Gasteiger partial charge in [0.25, 0.3) is 0 Å². The molecule has 2 rings (SSSR count). The smallest absolute Gasteiger partial charge is 0.0105 e. The zero-order valence-electron chi connectivity index (χ0n) is 10.5. The maximum Gasteiger partial charge on any atom is -0.0105 e. The molecule has 0 nitrogen and oxygen atoms in total. The summed E-state index contributed by atoms with van der Waals surface area (Å²) in [6.45, 7) is 12.5. The Bertz CT molecular complexity index is 660. The standard InChI is InChI=1S/C17H18/c1-12(2)9-10-15-11-13(3)14(4)16-7-5-6-8-17(15)16/h5-12H,3-4H2,1-2H3/b10-9-. The number of benzene rings is 2. The lowest BCUT2D eigenvalue weighted by Crippen LogP contribution is -2.22. The SMILES string of the molecule is C=c1cc(/C=C\C(C)C)c2ccccc2c1=C. The fourth-order valence-corrected chi connectivity index (χ4v) is 1.96. The summed E-state index contributed by atoms with van der Waals surface area (Å²) >= 11 is 0. The average Bonchev–Trinajstić information content (AvgIpc) is 2.32. The lowest BCUT2D eigenvalue weighted by molar-refractivity contribution is 0.836. The molecule has 2 aromatic rings. The van der Waals surface area contributed by atoms with Gasteiger partial charge < -0.3 is 0 Å². The van der Waals surface area contributed by atoms with Crippen LogP contribution in [0.4, 0.5) is 0 Å². The van der Waals surface area contributed by atoms with Crippen LogP contribution in [0.2, 0.25) is 0 Å². The summed E-state index contributed by atoms with van der Waals surface area (Å²) in [4.78, 5) is 0. The third kappa shape index (κ3) is 2.31. The number of allylic oxidation sites excluding steroid dienone is 1. The van der Waals surface area contributed by atoms with Gasteiger partial charge in [0.15, 0.2) is 0 Å². The molecular weight excluding hydrogens is 204 g/mol. The van der Waals surface area contributed by atoms with Crippen LogP contribution in [0.3, 0.4) is 0 Å². The predicted molar refractivity (Wildman–Crippen MR) is 78.1 cm³/mol. The van der Waals surface area contributed by atoms with Crippen molar-refractivity contribution < 1.29 is 0 Å². The van der Waals surface area contributed by atoms with E-state index in [9.17, 15) is 0 Å². The lowest BCUT2D eigenvalue weighted by Gasteiger charge is -2.04. The molecule has 86 valence electrons. The third-order valence-electron chi connectivity index (χ3n) is 2.94. The molecule has 0 spiro atoms. The summed E-state index contributed by atoms with van der Waals surface area (Å²) in [6.07, 6.45) is 4.39. The van der Waals surface area contributed by atoms with Crippen LogP contribution in [-0.2, 0) is 0 Å². The highest BCUT2D eigenvalue weighted by Crippen LogP contribution is 2.15. The zero-order chi connectivity index (χ0) is 12.4. The van der Waals surface area contributed by atoms with Gasteiger partial charge in [-0.15, -0.1) is 0 Å². The van der Waals surface area contributed by atoms with Crippen molar-refractivity contribution in [1.82, 2.24) is 0 Å². The minimum atomic E-state index is 0.557. The number of hydrogen-bond acceptors (Lipinski definition) is 0. The summed E-state index contributed by atoms with van der Waals surface area (Å²) in [6, 6.07) is 10.5. The summed E-state index contributed by atoms with van der Waals surface area (Å²) < 4.78 is 0. The summed E-state index contributed by atoms with van der Waals surface area (Å²) in [5.74, 6) is 0.557. The second-order valence-electron chi connectivity index (χ2n) is 4.75. The Labute approximate surface area is 103 Å². The highest BCUT2D eigenvalue weighted by Gasteiger charge is 1.99. The van der Waals surface area contributed by atoms with Crippen LogP contribution in [-0.4, -0.2) is 0 Å². The second kappa shape index (κ2) is 4.58. The quantitative estimate of drug-likeness (QED) is 0.731. The van der Waals surface area contributed by atoms with E-state index >= 15 is 0 Å². The molecule has 0 heteroatoms. The second-order valence-corrected chi connectivity index (χ2v) is 4.75. The van der Waals surface area contributed by atoms with E-state index in [0.717, 1.165) is 10.4 Å². The van der Waals surface area contributed by atoms with Crippen LogP contribution in [0.15, 0.2) is 36.4 Å². The van der Waals surface area contributed by atoms with Gasteiger partial charge in [0, 0.05) is 0 Å².